The molecule has 1 aliphatic rings. The van der Waals surface area contributed by atoms with Crippen molar-refractivity contribution < 1.29 is 14.4 Å². The van der Waals surface area contributed by atoms with Crippen molar-refractivity contribution >= 4 is 40.9 Å². The molecule has 5 nitrogen and oxygen atoms in total. The molecule has 1 saturated heterocycles. The van der Waals surface area contributed by atoms with Crippen molar-refractivity contribution in [3.63, 3.8) is 0 Å². The van der Waals surface area contributed by atoms with Crippen LogP contribution in [-0.4, -0.2) is 17.7 Å². The predicted octanol–water partition coefficient (Wildman–Crippen LogP) is 1.67. The van der Waals surface area contributed by atoms with Gasteiger partial charge in [0.05, 0.1) is 16.5 Å². The third kappa shape index (κ3) is 3.08. The Hall–Kier alpha value is -2.03. The third-order valence-corrected chi connectivity index (χ3v) is 4.16. The Bertz CT molecular complexity index is 697. The molecule has 1 aliphatic heterocycles. The van der Waals surface area contributed by atoms with E-state index in [1.807, 2.05) is 0 Å². The highest BCUT2D eigenvalue weighted by atomic mass is 35.5. The number of hydrogen-bond donors (Lipinski definition) is 2. The summed E-state index contributed by atoms with van der Waals surface area (Å²) in [6.45, 7) is 0.142. The van der Waals surface area contributed by atoms with Crippen LogP contribution < -0.4 is 10.6 Å². The molecular formula is C15H12Cl2N2O3. The van der Waals surface area contributed by atoms with Crippen LogP contribution in [0.2, 0.25) is 10.0 Å². The van der Waals surface area contributed by atoms with Crippen LogP contribution >= 0.6 is 23.2 Å². The number of benzene rings is 1. The van der Waals surface area contributed by atoms with Crippen LogP contribution in [-0.2, 0) is 20.9 Å². The minimum atomic E-state index is -1.54. The number of rotatable bonds is 4. The summed E-state index contributed by atoms with van der Waals surface area (Å²) < 4.78 is 0. The van der Waals surface area contributed by atoms with Gasteiger partial charge in [-0.15, -0.1) is 12.3 Å². The van der Waals surface area contributed by atoms with E-state index in [0.717, 1.165) is 0 Å². The summed E-state index contributed by atoms with van der Waals surface area (Å²) in [5.74, 6) is 0.527. The van der Waals surface area contributed by atoms with E-state index in [9.17, 15) is 14.4 Å². The molecule has 0 aliphatic carbocycles. The normalized spacial score (nSPS) is 20.4. The van der Waals surface area contributed by atoms with E-state index in [4.69, 9.17) is 29.6 Å². The molecule has 0 radical (unpaired) electrons. The minimum absolute atomic E-state index is 0.141. The Morgan fingerprint density at radius 3 is 2.64 bits per heavy atom. The fraction of sp³-hybridized carbons (Fsp3) is 0.267. The average molecular weight is 339 g/mol. The van der Waals surface area contributed by atoms with Gasteiger partial charge in [-0.1, -0.05) is 29.3 Å². The molecule has 1 heterocycles. The van der Waals surface area contributed by atoms with Gasteiger partial charge in [-0.2, -0.15) is 0 Å². The van der Waals surface area contributed by atoms with Crippen LogP contribution in [0, 0.1) is 17.8 Å². The van der Waals surface area contributed by atoms with Crippen molar-refractivity contribution in [3.8, 4) is 12.3 Å². The lowest BCUT2D eigenvalue weighted by Crippen LogP contribution is -2.45. The highest BCUT2D eigenvalue weighted by Gasteiger charge is 2.52. The molecule has 7 heteroatoms. The second-order valence-corrected chi connectivity index (χ2v) is 5.76. The topological polar surface area (TPSA) is 75.3 Å². The van der Waals surface area contributed by atoms with Crippen LogP contribution in [0.25, 0.3) is 0 Å². The summed E-state index contributed by atoms with van der Waals surface area (Å²) in [6, 6.07) is 4.91. The molecular weight excluding hydrogens is 327 g/mol. The van der Waals surface area contributed by atoms with Gasteiger partial charge in [0.1, 0.15) is 5.41 Å². The summed E-state index contributed by atoms with van der Waals surface area (Å²) in [6.07, 6.45) is 4.84. The van der Waals surface area contributed by atoms with Gasteiger partial charge in [-0.25, -0.2) is 0 Å². The molecule has 3 amide bonds. The quantitative estimate of drug-likeness (QED) is 0.498. The lowest BCUT2D eigenvalue weighted by molar-refractivity contribution is -0.140. The molecule has 0 aromatic heterocycles. The first-order chi connectivity index (χ1) is 10.4. The number of carbonyl (C=O) groups excluding carboxylic acids is 3. The zero-order valence-corrected chi connectivity index (χ0v) is 12.9. The Morgan fingerprint density at radius 1 is 1.36 bits per heavy atom. The molecule has 1 aromatic carbocycles. The van der Waals surface area contributed by atoms with Crippen LogP contribution in [0.1, 0.15) is 18.4 Å². The maximum Gasteiger partial charge on any atom is 0.243 e. The average Bonchev–Trinajstić information content (AvgIpc) is 2.75. The number of terminal acetylenes is 1. The summed E-state index contributed by atoms with van der Waals surface area (Å²) >= 11 is 11.7. The second kappa shape index (κ2) is 6.39. The van der Waals surface area contributed by atoms with Crippen LogP contribution in [0.3, 0.4) is 0 Å². The summed E-state index contributed by atoms with van der Waals surface area (Å²) in [5, 5.41) is 5.50. The van der Waals surface area contributed by atoms with Gasteiger partial charge < -0.3 is 5.32 Å². The van der Waals surface area contributed by atoms with E-state index in [2.05, 4.69) is 16.6 Å². The Balaban J connectivity index is 2.12. The van der Waals surface area contributed by atoms with Gasteiger partial charge in [0.15, 0.2) is 0 Å². The third-order valence-electron chi connectivity index (χ3n) is 3.43. The molecule has 2 N–H and O–H groups in total. The first-order valence-corrected chi connectivity index (χ1v) is 7.14. The number of hydrogen-bond acceptors (Lipinski definition) is 3. The Labute approximate surface area is 137 Å². The van der Waals surface area contributed by atoms with Crippen LogP contribution in [0.15, 0.2) is 18.2 Å². The van der Waals surface area contributed by atoms with Gasteiger partial charge in [0.25, 0.3) is 0 Å². The smallest absolute Gasteiger partial charge is 0.243 e. The summed E-state index contributed by atoms with van der Waals surface area (Å²) in [4.78, 5) is 35.7. The largest absolute Gasteiger partial charge is 0.351 e. The molecule has 1 fully saturated rings. The molecule has 0 spiro atoms. The van der Waals surface area contributed by atoms with Gasteiger partial charge >= 0.3 is 0 Å². The predicted molar refractivity (Wildman–Crippen MR) is 82.0 cm³/mol. The van der Waals surface area contributed by atoms with E-state index >= 15 is 0 Å². The highest BCUT2D eigenvalue weighted by Crippen LogP contribution is 2.31. The number of halogens is 2. The van der Waals surface area contributed by atoms with Crippen LogP contribution in [0.5, 0.6) is 0 Å². The van der Waals surface area contributed by atoms with Crippen molar-refractivity contribution in [3.05, 3.63) is 33.8 Å². The Morgan fingerprint density at radius 2 is 2.09 bits per heavy atom. The van der Waals surface area contributed by atoms with Crippen molar-refractivity contribution in [2.75, 3.05) is 0 Å². The molecule has 2 rings (SSSR count). The van der Waals surface area contributed by atoms with Gasteiger partial charge in [-0.05, 0) is 17.7 Å². The molecule has 0 bridgehead atoms. The molecule has 1 atom stereocenters. The summed E-state index contributed by atoms with van der Waals surface area (Å²) in [5.41, 5.74) is -0.828. The molecule has 114 valence electrons. The van der Waals surface area contributed by atoms with Gasteiger partial charge in [-0.3, -0.25) is 19.7 Å². The fourth-order valence-corrected chi connectivity index (χ4v) is 2.55. The molecule has 22 heavy (non-hydrogen) atoms. The van der Waals surface area contributed by atoms with Crippen LogP contribution in [0.4, 0.5) is 0 Å². The molecule has 1 unspecified atom stereocenters. The van der Waals surface area contributed by atoms with E-state index in [1.165, 1.54) is 0 Å². The van der Waals surface area contributed by atoms with Crippen molar-refractivity contribution in [2.45, 2.75) is 19.4 Å². The number of amides is 3. The van der Waals surface area contributed by atoms with Crippen molar-refractivity contribution in [2.24, 2.45) is 5.41 Å². The number of imide groups is 1. The lowest BCUT2D eigenvalue weighted by atomic mass is 9.82. The second-order valence-electron chi connectivity index (χ2n) is 4.95. The van der Waals surface area contributed by atoms with E-state index in [0.29, 0.717) is 15.6 Å². The Kier molecular flexibility index (Phi) is 4.74. The lowest BCUT2D eigenvalue weighted by Gasteiger charge is -2.21. The first kappa shape index (κ1) is 16.3. The maximum atomic E-state index is 12.4. The maximum absolute atomic E-state index is 12.4. The number of carbonyl (C=O) groups is 3. The fourth-order valence-electron chi connectivity index (χ4n) is 2.23. The van der Waals surface area contributed by atoms with E-state index < -0.39 is 23.1 Å². The first-order valence-electron chi connectivity index (χ1n) is 6.39. The highest BCUT2D eigenvalue weighted by molar-refractivity contribution is 6.42. The SMILES string of the molecule is C#CCC1(C(=O)NCc2ccc(Cl)c(Cl)c2)CC(=O)NC1=O. The standard InChI is InChI=1S/C15H12Cl2N2O3/c1-2-5-15(7-12(20)19-14(15)22)13(21)18-8-9-3-4-10(16)11(17)6-9/h1,3-4,6H,5,7-8H2,(H,18,21)(H,19,20,22). The zero-order chi connectivity index (χ0) is 16.3. The molecule has 0 saturated carbocycles. The van der Waals surface area contributed by atoms with Crippen molar-refractivity contribution in [1.29, 1.82) is 0 Å². The molecule has 1 aromatic rings. The zero-order valence-electron chi connectivity index (χ0n) is 11.4. The minimum Gasteiger partial charge on any atom is -0.351 e. The van der Waals surface area contributed by atoms with Gasteiger partial charge in [0, 0.05) is 13.0 Å². The van der Waals surface area contributed by atoms with E-state index in [1.54, 1.807) is 18.2 Å². The summed E-state index contributed by atoms with van der Waals surface area (Å²) in [7, 11) is 0. The van der Waals surface area contributed by atoms with Crippen molar-refractivity contribution in [1.82, 2.24) is 10.6 Å². The van der Waals surface area contributed by atoms with Gasteiger partial charge in [0.2, 0.25) is 17.7 Å². The monoisotopic (exact) mass is 338 g/mol. The number of nitrogens with one attached hydrogen (secondary N) is 2. The van der Waals surface area contributed by atoms with E-state index in [-0.39, 0.29) is 19.4 Å².